The number of H-pyrrole nitrogens is 1. The Balaban J connectivity index is 1.45. The fourth-order valence-corrected chi connectivity index (χ4v) is 3.90. The van der Waals surface area contributed by atoms with Crippen molar-refractivity contribution >= 4 is 16.9 Å². The van der Waals surface area contributed by atoms with Crippen LogP contribution in [0.5, 0.6) is 0 Å². The van der Waals surface area contributed by atoms with Gasteiger partial charge in [-0.1, -0.05) is 0 Å². The normalized spacial score (nSPS) is 12.8. The van der Waals surface area contributed by atoms with Crippen molar-refractivity contribution in [1.82, 2.24) is 34.7 Å². The van der Waals surface area contributed by atoms with E-state index in [0.29, 0.717) is 17.1 Å². The molecule has 0 spiro atoms. The van der Waals surface area contributed by atoms with E-state index in [1.54, 1.807) is 19.2 Å². The summed E-state index contributed by atoms with van der Waals surface area (Å²) in [7, 11) is 0. The summed E-state index contributed by atoms with van der Waals surface area (Å²) in [6.07, 6.45) is 5.44. The number of aryl methyl sites for hydroxylation is 1. The molecule has 6 heterocycles. The molecular formula is C22H17FN8. The third-order valence-electron chi connectivity index (χ3n) is 5.47. The zero-order valence-corrected chi connectivity index (χ0v) is 16.6. The van der Waals surface area contributed by atoms with E-state index in [1.165, 1.54) is 6.07 Å². The summed E-state index contributed by atoms with van der Waals surface area (Å²) in [5.74, 6) is 1.54. The zero-order chi connectivity index (χ0) is 20.9. The number of pyridine rings is 3. The molecule has 1 aliphatic heterocycles. The van der Waals surface area contributed by atoms with Crippen LogP contribution in [0.2, 0.25) is 0 Å². The van der Waals surface area contributed by atoms with Crippen molar-refractivity contribution < 1.29 is 4.39 Å². The molecule has 8 nitrogen and oxygen atoms in total. The fourth-order valence-electron chi connectivity index (χ4n) is 3.90. The Hall–Kier alpha value is -4.14. The van der Waals surface area contributed by atoms with Gasteiger partial charge < -0.3 is 9.88 Å². The molecule has 0 amide bonds. The van der Waals surface area contributed by atoms with Crippen LogP contribution in [0.15, 0.2) is 48.9 Å². The van der Waals surface area contributed by atoms with Crippen LogP contribution < -0.4 is 5.32 Å². The number of rotatable bonds is 3. The number of imidazole rings is 1. The number of aromatic amines is 1. The highest BCUT2D eigenvalue weighted by Crippen LogP contribution is 2.31. The van der Waals surface area contributed by atoms with Gasteiger partial charge in [0.1, 0.15) is 23.2 Å². The molecule has 9 heteroatoms. The van der Waals surface area contributed by atoms with Gasteiger partial charge in [0, 0.05) is 36.6 Å². The summed E-state index contributed by atoms with van der Waals surface area (Å²) in [6, 6.07) is 8.85. The predicted molar refractivity (Wildman–Crippen MR) is 115 cm³/mol. The molecule has 0 unspecified atom stereocenters. The summed E-state index contributed by atoms with van der Waals surface area (Å²) in [4.78, 5) is 18.3. The first-order chi connectivity index (χ1) is 15.2. The highest BCUT2D eigenvalue weighted by atomic mass is 19.1. The van der Waals surface area contributed by atoms with Gasteiger partial charge in [-0.15, -0.1) is 0 Å². The standard InChI is InChI=1S/C22H17FN8/c1-12-15(23)2-3-18(28-12)21-14(10-27-30-21)16-4-5-17-19(29-16)8-13(9-25-17)22-26-11-20-24-6-7-31(20)22/h2-5,8-11,24H,6-7H2,1H3,(H,27,30). The lowest BCUT2D eigenvalue weighted by Crippen LogP contribution is -1.98. The van der Waals surface area contributed by atoms with Gasteiger partial charge in [0.15, 0.2) is 0 Å². The smallest absolute Gasteiger partial charge is 0.144 e. The van der Waals surface area contributed by atoms with Gasteiger partial charge >= 0.3 is 0 Å². The van der Waals surface area contributed by atoms with E-state index < -0.39 is 0 Å². The molecule has 0 saturated carbocycles. The lowest BCUT2D eigenvalue weighted by atomic mass is 10.1. The second-order valence-corrected chi connectivity index (χ2v) is 7.42. The van der Waals surface area contributed by atoms with E-state index in [-0.39, 0.29) is 5.82 Å². The first kappa shape index (κ1) is 17.7. The van der Waals surface area contributed by atoms with Crippen LogP contribution in [-0.4, -0.2) is 41.2 Å². The molecule has 6 rings (SSSR count). The lowest BCUT2D eigenvalue weighted by molar-refractivity contribution is 0.610. The summed E-state index contributed by atoms with van der Waals surface area (Å²) >= 11 is 0. The second-order valence-electron chi connectivity index (χ2n) is 7.42. The summed E-state index contributed by atoms with van der Waals surface area (Å²) < 4.78 is 15.8. The number of aromatic nitrogens is 7. The Kier molecular flexibility index (Phi) is 3.82. The van der Waals surface area contributed by atoms with E-state index in [4.69, 9.17) is 4.98 Å². The molecule has 0 saturated heterocycles. The number of hydrogen-bond donors (Lipinski definition) is 2. The highest BCUT2D eigenvalue weighted by Gasteiger charge is 2.18. The summed E-state index contributed by atoms with van der Waals surface area (Å²) in [5, 5.41) is 10.5. The predicted octanol–water partition coefficient (Wildman–Crippen LogP) is 3.82. The molecule has 0 atom stereocenters. The number of anilines is 1. The third kappa shape index (κ3) is 2.85. The van der Waals surface area contributed by atoms with Crippen molar-refractivity contribution in [3.8, 4) is 34.0 Å². The maximum atomic E-state index is 13.7. The van der Waals surface area contributed by atoms with Gasteiger partial charge in [-0.25, -0.2) is 19.3 Å². The largest absolute Gasteiger partial charge is 0.368 e. The van der Waals surface area contributed by atoms with Gasteiger partial charge in [0.25, 0.3) is 0 Å². The monoisotopic (exact) mass is 412 g/mol. The molecule has 0 bridgehead atoms. The Labute approximate surface area is 176 Å². The van der Waals surface area contributed by atoms with E-state index in [9.17, 15) is 4.39 Å². The molecule has 0 aliphatic carbocycles. The third-order valence-corrected chi connectivity index (χ3v) is 5.47. The maximum absolute atomic E-state index is 13.7. The molecular weight excluding hydrogens is 395 g/mol. The second kappa shape index (κ2) is 6.69. The Morgan fingerprint density at radius 2 is 1.90 bits per heavy atom. The number of nitrogens with zero attached hydrogens (tertiary/aromatic N) is 6. The average Bonchev–Trinajstić information content (AvgIpc) is 3.52. The molecule has 1 aliphatic rings. The molecule has 5 aromatic heterocycles. The van der Waals surface area contributed by atoms with Crippen molar-refractivity contribution in [3.63, 3.8) is 0 Å². The van der Waals surface area contributed by atoms with E-state index in [2.05, 4.69) is 35.0 Å². The number of halogens is 1. The topological polar surface area (TPSA) is 97.2 Å². The van der Waals surface area contributed by atoms with Crippen molar-refractivity contribution in [2.45, 2.75) is 13.5 Å². The van der Waals surface area contributed by atoms with Crippen molar-refractivity contribution in [2.75, 3.05) is 11.9 Å². The molecule has 0 fully saturated rings. The zero-order valence-electron chi connectivity index (χ0n) is 16.6. The molecule has 31 heavy (non-hydrogen) atoms. The molecule has 0 radical (unpaired) electrons. The molecule has 152 valence electrons. The quantitative estimate of drug-likeness (QED) is 0.468. The van der Waals surface area contributed by atoms with Gasteiger partial charge in [0.2, 0.25) is 0 Å². The summed E-state index contributed by atoms with van der Waals surface area (Å²) in [5.41, 5.74) is 5.52. The van der Waals surface area contributed by atoms with Crippen LogP contribution in [0, 0.1) is 12.7 Å². The first-order valence-corrected chi connectivity index (χ1v) is 9.91. The van der Waals surface area contributed by atoms with Crippen molar-refractivity contribution in [1.29, 1.82) is 0 Å². The lowest BCUT2D eigenvalue weighted by Gasteiger charge is -2.07. The van der Waals surface area contributed by atoms with Crippen LogP contribution in [0.25, 0.3) is 45.1 Å². The van der Waals surface area contributed by atoms with Gasteiger partial charge in [-0.05, 0) is 37.3 Å². The molecule has 2 N–H and O–H groups in total. The maximum Gasteiger partial charge on any atom is 0.144 e. The van der Waals surface area contributed by atoms with Crippen molar-refractivity contribution in [2.24, 2.45) is 0 Å². The van der Waals surface area contributed by atoms with Crippen LogP contribution in [0.4, 0.5) is 10.2 Å². The summed E-state index contributed by atoms with van der Waals surface area (Å²) in [6.45, 7) is 3.40. The number of fused-ring (bicyclic) bond motifs is 2. The van der Waals surface area contributed by atoms with Gasteiger partial charge in [0.05, 0.1) is 34.3 Å². The van der Waals surface area contributed by atoms with Crippen LogP contribution in [-0.2, 0) is 6.54 Å². The van der Waals surface area contributed by atoms with Crippen molar-refractivity contribution in [3.05, 3.63) is 60.4 Å². The van der Waals surface area contributed by atoms with Gasteiger partial charge in [-0.2, -0.15) is 5.10 Å². The SMILES string of the molecule is Cc1nc(-c2n[nH]cc2-c2ccc3ncc(-c4ncc5n4CCN5)cc3n2)ccc1F. The minimum Gasteiger partial charge on any atom is -0.368 e. The Morgan fingerprint density at radius 1 is 1.00 bits per heavy atom. The fraction of sp³-hybridized carbons (Fsp3) is 0.136. The number of hydrogen-bond acceptors (Lipinski definition) is 6. The van der Waals surface area contributed by atoms with Gasteiger partial charge in [-0.3, -0.25) is 10.1 Å². The van der Waals surface area contributed by atoms with Crippen LogP contribution in [0.1, 0.15) is 5.69 Å². The first-order valence-electron chi connectivity index (χ1n) is 9.91. The Bertz CT molecular complexity index is 1450. The minimum atomic E-state index is -0.344. The minimum absolute atomic E-state index is 0.327. The highest BCUT2D eigenvalue weighted by molar-refractivity contribution is 5.84. The van der Waals surface area contributed by atoms with E-state index in [1.807, 2.05) is 30.6 Å². The van der Waals surface area contributed by atoms with Crippen LogP contribution in [0.3, 0.4) is 0 Å². The van der Waals surface area contributed by atoms with E-state index in [0.717, 1.165) is 52.6 Å². The van der Waals surface area contributed by atoms with Crippen LogP contribution >= 0.6 is 0 Å². The average molecular weight is 412 g/mol. The number of nitrogens with one attached hydrogen (secondary N) is 2. The van der Waals surface area contributed by atoms with E-state index >= 15 is 0 Å². The Morgan fingerprint density at radius 3 is 2.81 bits per heavy atom. The molecule has 0 aromatic carbocycles. The molecule has 5 aromatic rings.